The zero-order valence-electron chi connectivity index (χ0n) is 11.7. The van der Waals surface area contributed by atoms with Gasteiger partial charge in [0.15, 0.2) is 0 Å². The summed E-state index contributed by atoms with van der Waals surface area (Å²) in [6, 6.07) is 9.36. The number of nitrogens with two attached hydrogens (primary N) is 1. The van der Waals surface area contributed by atoms with Gasteiger partial charge in [0.05, 0.1) is 6.08 Å². The number of esters is 1. The zero-order chi connectivity index (χ0) is 15.3. The third-order valence-corrected chi connectivity index (χ3v) is 3.60. The average Bonchev–Trinajstić information content (AvgIpc) is 2.43. The molecule has 1 unspecified atom stereocenters. The number of rotatable bonds is 6. The first-order valence-corrected chi connectivity index (χ1v) is 6.98. The summed E-state index contributed by atoms with van der Waals surface area (Å²) in [5.74, 6) is -0.866. The van der Waals surface area contributed by atoms with E-state index in [1.807, 2.05) is 30.3 Å². The van der Waals surface area contributed by atoms with Crippen LogP contribution in [0.5, 0.6) is 0 Å². The number of primary amides is 1. The van der Waals surface area contributed by atoms with Gasteiger partial charge in [-0.2, -0.15) is 0 Å². The Balaban J connectivity index is 2.17. The maximum absolute atomic E-state index is 11.7. The first kappa shape index (κ1) is 15.1. The quantitative estimate of drug-likeness (QED) is 0.621. The molecule has 1 aliphatic rings. The Bertz CT molecular complexity index is 553. The highest BCUT2D eigenvalue weighted by molar-refractivity contribution is 5.84. The van der Waals surface area contributed by atoms with E-state index in [1.165, 1.54) is 0 Å². The highest BCUT2D eigenvalue weighted by Crippen LogP contribution is 2.39. The van der Waals surface area contributed by atoms with Crippen molar-refractivity contribution in [2.24, 2.45) is 5.73 Å². The second-order valence-electron chi connectivity index (χ2n) is 5.27. The molecule has 1 amide bonds. The van der Waals surface area contributed by atoms with Crippen LogP contribution < -0.4 is 5.73 Å². The van der Waals surface area contributed by atoms with Gasteiger partial charge in [0, 0.05) is 12.8 Å². The molecule has 1 heterocycles. The van der Waals surface area contributed by atoms with Gasteiger partial charge in [-0.1, -0.05) is 30.3 Å². The zero-order valence-corrected chi connectivity index (χ0v) is 11.7. The lowest BCUT2D eigenvalue weighted by atomic mass is 9.83. The second kappa shape index (κ2) is 6.43. The van der Waals surface area contributed by atoms with Crippen LogP contribution in [0.3, 0.4) is 0 Å². The number of unbranched alkanes of at least 4 members (excludes halogenated alkanes) is 1. The molecular weight excluding hydrogens is 270 g/mol. The van der Waals surface area contributed by atoms with Gasteiger partial charge in [-0.15, -0.1) is 0 Å². The molecule has 21 heavy (non-hydrogen) atoms. The molecule has 1 aromatic carbocycles. The van der Waals surface area contributed by atoms with Gasteiger partial charge in [0.1, 0.15) is 11.4 Å². The van der Waals surface area contributed by atoms with E-state index in [1.54, 1.807) is 0 Å². The molecule has 112 valence electrons. The predicted molar refractivity (Wildman–Crippen MR) is 77.2 cm³/mol. The fourth-order valence-corrected chi connectivity index (χ4v) is 2.63. The molecular formula is C16H19NO4. The molecule has 3 N–H and O–H groups in total. The Morgan fingerprint density at radius 1 is 1.29 bits per heavy atom. The van der Waals surface area contributed by atoms with Gasteiger partial charge in [-0.05, 0) is 24.8 Å². The van der Waals surface area contributed by atoms with E-state index in [2.05, 4.69) is 0 Å². The molecule has 5 heteroatoms. The number of aliphatic hydroxyl groups excluding tert-OH is 1. The van der Waals surface area contributed by atoms with Crippen LogP contribution in [0.25, 0.3) is 0 Å². The smallest absolute Gasteiger partial charge is 0.335 e. The molecule has 0 radical (unpaired) electrons. The third-order valence-electron chi connectivity index (χ3n) is 3.60. The van der Waals surface area contributed by atoms with E-state index in [4.69, 9.17) is 10.5 Å². The first-order valence-electron chi connectivity index (χ1n) is 6.98. The molecule has 0 fully saturated rings. The molecule has 0 saturated heterocycles. The van der Waals surface area contributed by atoms with Gasteiger partial charge < -0.3 is 15.6 Å². The predicted octanol–water partition coefficient (Wildman–Crippen LogP) is 2.32. The number of benzene rings is 1. The van der Waals surface area contributed by atoms with E-state index < -0.39 is 11.6 Å². The van der Waals surface area contributed by atoms with Gasteiger partial charge in [0.2, 0.25) is 5.91 Å². The van der Waals surface area contributed by atoms with Crippen molar-refractivity contribution >= 4 is 11.9 Å². The van der Waals surface area contributed by atoms with Gasteiger partial charge >= 0.3 is 5.97 Å². The maximum atomic E-state index is 11.7. The van der Waals surface area contributed by atoms with E-state index in [-0.39, 0.29) is 18.1 Å². The summed E-state index contributed by atoms with van der Waals surface area (Å²) in [4.78, 5) is 22.5. The lowest BCUT2D eigenvalue weighted by Crippen LogP contribution is -2.35. The van der Waals surface area contributed by atoms with Crippen molar-refractivity contribution < 1.29 is 19.4 Å². The topological polar surface area (TPSA) is 89.6 Å². The summed E-state index contributed by atoms with van der Waals surface area (Å²) >= 11 is 0. The van der Waals surface area contributed by atoms with Gasteiger partial charge in [-0.25, -0.2) is 4.79 Å². The Labute approximate surface area is 123 Å². The van der Waals surface area contributed by atoms with Gasteiger partial charge in [-0.3, -0.25) is 4.79 Å². The Morgan fingerprint density at radius 3 is 2.62 bits per heavy atom. The SMILES string of the molecule is NC(=O)CCCCC1(c2ccccc2)CC(O)=CC(=O)O1. The van der Waals surface area contributed by atoms with Crippen LogP contribution in [0.1, 0.15) is 37.7 Å². The van der Waals surface area contributed by atoms with Gasteiger partial charge in [0.25, 0.3) is 0 Å². The van der Waals surface area contributed by atoms with Crippen LogP contribution in [0, 0.1) is 0 Å². The highest BCUT2D eigenvalue weighted by Gasteiger charge is 2.39. The van der Waals surface area contributed by atoms with E-state index in [0.717, 1.165) is 11.6 Å². The van der Waals surface area contributed by atoms with E-state index >= 15 is 0 Å². The number of carbonyl (C=O) groups excluding carboxylic acids is 2. The fraction of sp³-hybridized carbons (Fsp3) is 0.375. The molecule has 0 aromatic heterocycles. The Kier molecular flexibility index (Phi) is 4.62. The van der Waals surface area contributed by atoms with Crippen molar-refractivity contribution in [1.29, 1.82) is 0 Å². The number of hydrogen-bond acceptors (Lipinski definition) is 4. The maximum Gasteiger partial charge on any atom is 0.335 e. The van der Waals surface area contributed by atoms with Crippen molar-refractivity contribution in [3.63, 3.8) is 0 Å². The lowest BCUT2D eigenvalue weighted by molar-refractivity contribution is -0.159. The molecule has 5 nitrogen and oxygen atoms in total. The molecule has 1 aliphatic heterocycles. The summed E-state index contributed by atoms with van der Waals surface area (Å²) in [5.41, 5.74) is 5.10. The number of carbonyl (C=O) groups is 2. The summed E-state index contributed by atoms with van der Waals surface area (Å²) in [7, 11) is 0. The normalized spacial score (nSPS) is 21.5. The minimum Gasteiger partial charge on any atom is -0.512 e. The van der Waals surface area contributed by atoms with Crippen LogP contribution in [-0.4, -0.2) is 17.0 Å². The summed E-state index contributed by atoms with van der Waals surface area (Å²) in [6.07, 6.45) is 3.50. The molecule has 2 rings (SSSR count). The van der Waals surface area contributed by atoms with Crippen LogP contribution in [-0.2, 0) is 19.9 Å². The summed E-state index contributed by atoms with van der Waals surface area (Å²) < 4.78 is 5.55. The fourth-order valence-electron chi connectivity index (χ4n) is 2.63. The minimum atomic E-state index is -0.866. The number of hydrogen-bond donors (Lipinski definition) is 2. The average molecular weight is 289 g/mol. The number of amides is 1. The minimum absolute atomic E-state index is 0.0185. The number of ether oxygens (including phenoxy) is 1. The molecule has 0 bridgehead atoms. The molecule has 1 atom stereocenters. The van der Waals surface area contributed by atoms with Crippen LogP contribution >= 0.6 is 0 Å². The van der Waals surface area contributed by atoms with E-state index in [9.17, 15) is 14.7 Å². The van der Waals surface area contributed by atoms with Crippen LogP contribution in [0.15, 0.2) is 42.2 Å². The molecule has 1 aromatic rings. The highest BCUT2D eigenvalue weighted by atomic mass is 16.6. The van der Waals surface area contributed by atoms with E-state index in [0.29, 0.717) is 25.7 Å². The molecule has 0 aliphatic carbocycles. The monoisotopic (exact) mass is 289 g/mol. The standard InChI is InChI=1S/C16H19NO4/c17-14(19)8-4-5-9-16(12-6-2-1-3-7-12)11-13(18)10-15(20)21-16/h1-3,6-7,10,18H,4-5,8-9,11H2,(H2,17,19). The number of cyclic esters (lactones) is 1. The van der Waals surface area contributed by atoms with Crippen molar-refractivity contribution in [3.8, 4) is 0 Å². The Hall–Kier alpha value is -2.30. The van der Waals surface area contributed by atoms with Crippen molar-refractivity contribution in [2.75, 3.05) is 0 Å². The van der Waals surface area contributed by atoms with Crippen LogP contribution in [0.2, 0.25) is 0 Å². The first-order chi connectivity index (χ1) is 10.0. The second-order valence-corrected chi connectivity index (χ2v) is 5.27. The largest absolute Gasteiger partial charge is 0.512 e. The van der Waals surface area contributed by atoms with Crippen LogP contribution in [0.4, 0.5) is 0 Å². The van der Waals surface area contributed by atoms with Crippen molar-refractivity contribution in [3.05, 3.63) is 47.7 Å². The third kappa shape index (κ3) is 3.84. The molecule has 0 spiro atoms. The summed E-state index contributed by atoms with van der Waals surface area (Å²) in [6.45, 7) is 0. The van der Waals surface area contributed by atoms with Crippen molar-refractivity contribution in [1.82, 2.24) is 0 Å². The number of aliphatic hydroxyl groups is 1. The van der Waals surface area contributed by atoms with Crippen molar-refractivity contribution in [2.45, 2.75) is 37.7 Å². The molecule has 0 saturated carbocycles. The Morgan fingerprint density at radius 2 is 2.00 bits per heavy atom. The summed E-state index contributed by atoms with van der Waals surface area (Å²) in [5, 5.41) is 9.81. The lowest BCUT2D eigenvalue weighted by Gasteiger charge is -2.36.